The first-order valence-corrected chi connectivity index (χ1v) is 7.97. The van der Waals surface area contributed by atoms with Gasteiger partial charge in [0.05, 0.1) is 10.6 Å². The molecule has 3 rings (SSSR count). The topological polar surface area (TPSA) is 58.6 Å². The fourth-order valence-electron chi connectivity index (χ4n) is 1.87. The molecule has 0 bridgehead atoms. The summed E-state index contributed by atoms with van der Waals surface area (Å²) in [6, 6.07) is 8.52. The molecule has 2 heterocycles. The van der Waals surface area contributed by atoms with E-state index in [1.807, 2.05) is 0 Å². The molecule has 0 aliphatic carbocycles. The van der Waals surface area contributed by atoms with Crippen LogP contribution in [0.4, 0.5) is 0 Å². The molecule has 0 fully saturated rings. The minimum atomic E-state index is 0.130. The van der Waals surface area contributed by atoms with Gasteiger partial charge in [-0.3, -0.25) is 4.79 Å². The summed E-state index contributed by atoms with van der Waals surface area (Å²) < 4.78 is 1.24. The van der Waals surface area contributed by atoms with Gasteiger partial charge in [0.15, 0.2) is 11.0 Å². The van der Waals surface area contributed by atoms with Crippen molar-refractivity contribution in [1.82, 2.24) is 15.2 Å². The third-order valence-electron chi connectivity index (χ3n) is 2.78. The van der Waals surface area contributed by atoms with Gasteiger partial charge in [-0.1, -0.05) is 29.5 Å². The number of nitrogens with zero attached hydrogens (tertiary/aromatic N) is 2. The Balaban J connectivity index is 1.89. The van der Waals surface area contributed by atoms with E-state index in [0.29, 0.717) is 10.9 Å². The normalized spacial score (nSPS) is 11.1. The van der Waals surface area contributed by atoms with Gasteiger partial charge in [-0.2, -0.15) is 0 Å². The number of benzene rings is 1. The number of ketones is 1. The molecule has 0 atom stereocenters. The Kier molecular flexibility index (Phi) is 3.58. The molecule has 3 aromatic rings. The summed E-state index contributed by atoms with van der Waals surface area (Å²) in [5, 5.41) is 10.1. The first-order valence-electron chi connectivity index (χ1n) is 6.17. The number of aromatic amines is 1. The molecule has 0 spiro atoms. The average molecular weight is 303 g/mol. The number of thiophene rings is 1. The zero-order valence-corrected chi connectivity index (χ0v) is 12.8. The summed E-state index contributed by atoms with van der Waals surface area (Å²) >= 11 is 3.07. The summed E-state index contributed by atoms with van der Waals surface area (Å²) in [6.07, 6.45) is 0. The smallest absolute Gasteiger partial charge is 0.189 e. The van der Waals surface area contributed by atoms with Crippen molar-refractivity contribution >= 4 is 39.0 Å². The Morgan fingerprint density at radius 3 is 3.00 bits per heavy atom. The highest BCUT2D eigenvalue weighted by Gasteiger charge is 2.10. The highest BCUT2D eigenvalue weighted by Crippen LogP contribution is 2.32. The number of carbonyl (C=O) groups is 1. The SMILES string of the molecule is CC(=O)CSc1nnc(-c2cc3cc(C)ccc3s2)[nH]1. The second-order valence-corrected chi connectivity index (χ2v) is 6.67. The number of fused-ring (bicyclic) bond motifs is 1. The summed E-state index contributed by atoms with van der Waals surface area (Å²) in [4.78, 5) is 15.2. The lowest BCUT2D eigenvalue weighted by Crippen LogP contribution is -1.93. The van der Waals surface area contributed by atoms with Gasteiger partial charge in [-0.25, -0.2) is 0 Å². The first-order chi connectivity index (χ1) is 9.61. The molecule has 0 aliphatic heterocycles. The number of hydrogen-bond acceptors (Lipinski definition) is 5. The van der Waals surface area contributed by atoms with Crippen LogP contribution in [0.1, 0.15) is 12.5 Å². The Hall–Kier alpha value is -1.66. The van der Waals surface area contributed by atoms with E-state index >= 15 is 0 Å². The zero-order valence-electron chi connectivity index (χ0n) is 11.1. The monoisotopic (exact) mass is 303 g/mol. The number of aryl methyl sites for hydroxylation is 1. The van der Waals surface area contributed by atoms with E-state index in [2.05, 4.69) is 46.4 Å². The second-order valence-electron chi connectivity index (χ2n) is 4.62. The predicted molar refractivity (Wildman–Crippen MR) is 83.3 cm³/mol. The molecular weight excluding hydrogens is 290 g/mol. The first kappa shape index (κ1) is 13.3. The van der Waals surface area contributed by atoms with E-state index in [0.717, 1.165) is 10.7 Å². The number of carbonyl (C=O) groups excluding carboxylic acids is 1. The molecule has 0 amide bonds. The van der Waals surface area contributed by atoms with Gasteiger partial charge in [0.1, 0.15) is 5.78 Å². The van der Waals surface area contributed by atoms with Crippen LogP contribution >= 0.6 is 23.1 Å². The fourth-order valence-corrected chi connectivity index (χ4v) is 3.46. The van der Waals surface area contributed by atoms with Crippen molar-refractivity contribution in [2.24, 2.45) is 0 Å². The zero-order chi connectivity index (χ0) is 14.1. The predicted octanol–water partition coefficient (Wildman–Crippen LogP) is 3.68. The number of H-pyrrole nitrogens is 1. The van der Waals surface area contributed by atoms with E-state index in [4.69, 9.17) is 0 Å². The number of hydrogen-bond donors (Lipinski definition) is 1. The van der Waals surface area contributed by atoms with Crippen LogP contribution in [-0.4, -0.2) is 26.7 Å². The van der Waals surface area contributed by atoms with Gasteiger partial charge in [0, 0.05) is 4.70 Å². The third kappa shape index (κ3) is 2.76. The summed E-state index contributed by atoms with van der Waals surface area (Å²) in [6.45, 7) is 3.65. The molecule has 1 N–H and O–H groups in total. The molecule has 20 heavy (non-hydrogen) atoms. The fraction of sp³-hybridized carbons (Fsp3) is 0.214. The minimum absolute atomic E-state index is 0.130. The Labute approximate surface area is 124 Å². The Morgan fingerprint density at radius 1 is 1.35 bits per heavy atom. The Bertz CT molecular complexity index is 776. The molecule has 6 heteroatoms. The van der Waals surface area contributed by atoms with Crippen molar-refractivity contribution < 1.29 is 4.79 Å². The van der Waals surface area contributed by atoms with Crippen LogP contribution in [0.3, 0.4) is 0 Å². The van der Waals surface area contributed by atoms with Gasteiger partial charge in [-0.15, -0.1) is 21.5 Å². The number of rotatable bonds is 4. The van der Waals surface area contributed by atoms with Crippen LogP contribution in [0.5, 0.6) is 0 Å². The summed E-state index contributed by atoms with van der Waals surface area (Å²) in [5.74, 6) is 1.31. The number of aromatic nitrogens is 3. The van der Waals surface area contributed by atoms with Crippen LogP contribution in [0, 0.1) is 6.92 Å². The molecule has 0 saturated carbocycles. The minimum Gasteiger partial charge on any atom is -0.315 e. The van der Waals surface area contributed by atoms with E-state index in [1.165, 1.54) is 27.4 Å². The second kappa shape index (κ2) is 5.38. The van der Waals surface area contributed by atoms with Crippen molar-refractivity contribution in [3.63, 3.8) is 0 Å². The number of nitrogens with one attached hydrogen (secondary N) is 1. The molecule has 0 aliphatic rings. The lowest BCUT2D eigenvalue weighted by molar-refractivity contribution is -0.114. The number of thioether (sulfide) groups is 1. The van der Waals surface area contributed by atoms with E-state index < -0.39 is 0 Å². The quantitative estimate of drug-likeness (QED) is 0.747. The molecular formula is C14H13N3OS2. The van der Waals surface area contributed by atoms with Crippen LogP contribution in [-0.2, 0) is 4.79 Å². The highest BCUT2D eigenvalue weighted by molar-refractivity contribution is 7.99. The van der Waals surface area contributed by atoms with Crippen LogP contribution in [0.2, 0.25) is 0 Å². The molecule has 2 aromatic heterocycles. The van der Waals surface area contributed by atoms with Gasteiger partial charge >= 0.3 is 0 Å². The van der Waals surface area contributed by atoms with Crippen LogP contribution in [0.25, 0.3) is 20.8 Å². The summed E-state index contributed by atoms with van der Waals surface area (Å²) in [7, 11) is 0. The molecule has 0 radical (unpaired) electrons. The van der Waals surface area contributed by atoms with E-state index in [9.17, 15) is 4.79 Å². The molecule has 1 aromatic carbocycles. The van der Waals surface area contributed by atoms with E-state index in [-0.39, 0.29) is 5.78 Å². The standard InChI is InChI=1S/C14H13N3OS2/c1-8-3-4-11-10(5-8)6-12(20-11)13-15-14(17-16-13)19-7-9(2)18/h3-6H,7H2,1-2H3,(H,15,16,17). The summed E-state index contributed by atoms with van der Waals surface area (Å²) in [5.41, 5.74) is 1.25. The Morgan fingerprint density at radius 2 is 2.20 bits per heavy atom. The molecule has 102 valence electrons. The maximum Gasteiger partial charge on any atom is 0.189 e. The molecule has 0 unspecified atom stereocenters. The largest absolute Gasteiger partial charge is 0.315 e. The lowest BCUT2D eigenvalue weighted by Gasteiger charge is -1.90. The molecule has 4 nitrogen and oxygen atoms in total. The van der Waals surface area contributed by atoms with Crippen molar-refractivity contribution in [3.8, 4) is 10.7 Å². The van der Waals surface area contributed by atoms with Crippen molar-refractivity contribution in [2.75, 3.05) is 5.75 Å². The third-order valence-corrected chi connectivity index (χ3v) is 4.91. The van der Waals surface area contributed by atoms with Gasteiger partial charge in [-0.05, 0) is 31.4 Å². The van der Waals surface area contributed by atoms with Crippen LogP contribution < -0.4 is 0 Å². The number of Topliss-reactive ketones (excluding diaryl/α,β-unsaturated/α-hetero) is 1. The maximum atomic E-state index is 11.0. The molecule has 0 saturated heterocycles. The van der Waals surface area contributed by atoms with E-state index in [1.54, 1.807) is 18.3 Å². The van der Waals surface area contributed by atoms with Crippen molar-refractivity contribution in [1.29, 1.82) is 0 Å². The average Bonchev–Trinajstić information content (AvgIpc) is 3.01. The lowest BCUT2D eigenvalue weighted by atomic mass is 10.2. The van der Waals surface area contributed by atoms with Gasteiger partial charge in [0.25, 0.3) is 0 Å². The van der Waals surface area contributed by atoms with Crippen molar-refractivity contribution in [3.05, 3.63) is 29.8 Å². The van der Waals surface area contributed by atoms with Gasteiger partial charge in [0.2, 0.25) is 0 Å². The highest BCUT2D eigenvalue weighted by atomic mass is 32.2. The maximum absolute atomic E-state index is 11.0. The van der Waals surface area contributed by atoms with Gasteiger partial charge < -0.3 is 4.98 Å². The van der Waals surface area contributed by atoms with Crippen LogP contribution in [0.15, 0.2) is 29.4 Å². The van der Waals surface area contributed by atoms with Crippen molar-refractivity contribution in [2.45, 2.75) is 19.0 Å².